The number of aryl methyl sites for hydroxylation is 1. The number of furan rings is 1. The lowest BCUT2D eigenvalue weighted by Crippen LogP contribution is -2.21. The van der Waals surface area contributed by atoms with Crippen molar-refractivity contribution in [3.05, 3.63) is 81.9 Å². The Labute approximate surface area is 164 Å². The Morgan fingerprint density at radius 3 is 2.52 bits per heavy atom. The van der Waals surface area contributed by atoms with Gasteiger partial charge in [-0.15, -0.1) is 0 Å². The minimum Gasteiger partial charge on any atom is -0.450 e. The van der Waals surface area contributed by atoms with E-state index >= 15 is 0 Å². The van der Waals surface area contributed by atoms with Crippen LogP contribution in [-0.2, 0) is 9.53 Å². The first-order valence-corrected chi connectivity index (χ1v) is 8.41. The summed E-state index contributed by atoms with van der Waals surface area (Å²) in [5.41, 5.74) is 1.14. The molecular formula is C20H15FN2O6. The number of esters is 1. The van der Waals surface area contributed by atoms with Crippen LogP contribution in [0.4, 0.5) is 15.8 Å². The molecular weight excluding hydrogens is 383 g/mol. The van der Waals surface area contributed by atoms with Crippen molar-refractivity contribution in [2.45, 2.75) is 6.92 Å². The lowest BCUT2D eigenvalue weighted by atomic mass is 10.1. The number of nitro groups is 1. The fraction of sp³-hybridized carbons (Fsp3) is 0.100. The summed E-state index contributed by atoms with van der Waals surface area (Å²) in [6.07, 6.45) is 0. The molecule has 0 bridgehead atoms. The Balaban J connectivity index is 1.58. The number of ether oxygens (including phenoxy) is 1. The second kappa shape index (κ2) is 8.34. The van der Waals surface area contributed by atoms with E-state index in [1.807, 2.05) is 0 Å². The van der Waals surface area contributed by atoms with Crippen LogP contribution in [-0.4, -0.2) is 23.4 Å². The molecule has 0 radical (unpaired) electrons. The second-order valence-electron chi connectivity index (χ2n) is 6.08. The van der Waals surface area contributed by atoms with Crippen molar-refractivity contribution < 1.29 is 28.1 Å². The molecule has 0 aliphatic rings. The largest absolute Gasteiger partial charge is 0.450 e. The first-order valence-electron chi connectivity index (χ1n) is 8.41. The predicted octanol–water partition coefficient (Wildman–Crippen LogP) is 4.10. The number of nitro benzene ring substituents is 1. The number of rotatable bonds is 6. The summed E-state index contributed by atoms with van der Waals surface area (Å²) < 4.78 is 24.0. The van der Waals surface area contributed by atoms with Gasteiger partial charge < -0.3 is 14.5 Å². The molecule has 2 aromatic carbocycles. The summed E-state index contributed by atoms with van der Waals surface area (Å²) >= 11 is 0. The van der Waals surface area contributed by atoms with Crippen LogP contribution in [0.25, 0.3) is 11.3 Å². The third-order valence-corrected chi connectivity index (χ3v) is 3.90. The SMILES string of the molecule is Cc1ccc(NC(=O)COC(=O)c2ccc(-c3ccc([N+](=O)[O-])cc3)o2)c(F)c1. The zero-order valence-corrected chi connectivity index (χ0v) is 15.2. The number of carbonyl (C=O) groups is 2. The molecule has 0 aliphatic carbocycles. The highest BCUT2D eigenvalue weighted by atomic mass is 19.1. The molecule has 3 rings (SSSR count). The first kappa shape index (κ1) is 19.7. The molecule has 0 fully saturated rings. The Morgan fingerprint density at radius 2 is 1.86 bits per heavy atom. The van der Waals surface area contributed by atoms with E-state index < -0.39 is 29.2 Å². The van der Waals surface area contributed by atoms with E-state index in [0.29, 0.717) is 16.9 Å². The number of hydrogen-bond acceptors (Lipinski definition) is 6. The van der Waals surface area contributed by atoms with E-state index in [0.717, 1.165) is 0 Å². The number of benzene rings is 2. The molecule has 1 N–H and O–H groups in total. The number of carbonyl (C=O) groups excluding carboxylic acids is 2. The highest BCUT2D eigenvalue weighted by Gasteiger charge is 2.16. The van der Waals surface area contributed by atoms with Gasteiger partial charge >= 0.3 is 5.97 Å². The van der Waals surface area contributed by atoms with Gasteiger partial charge in [0.15, 0.2) is 6.61 Å². The summed E-state index contributed by atoms with van der Waals surface area (Å²) in [5.74, 6) is -2.02. The molecule has 9 heteroatoms. The number of anilines is 1. The van der Waals surface area contributed by atoms with Crippen LogP contribution in [0.1, 0.15) is 16.1 Å². The molecule has 3 aromatic rings. The summed E-state index contributed by atoms with van der Waals surface area (Å²) in [6, 6.07) is 12.8. The van der Waals surface area contributed by atoms with Crippen molar-refractivity contribution in [1.29, 1.82) is 0 Å². The molecule has 0 unspecified atom stereocenters. The van der Waals surface area contributed by atoms with Crippen LogP contribution < -0.4 is 5.32 Å². The fourth-order valence-electron chi connectivity index (χ4n) is 2.46. The molecule has 0 saturated carbocycles. The molecule has 148 valence electrons. The Kier molecular flexibility index (Phi) is 5.68. The maximum Gasteiger partial charge on any atom is 0.374 e. The molecule has 0 atom stereocenters. The molecule has 0 saturated heterocycles. The van der Waals surface area contributed by atoms with Gasteiger partial charge in [0.1, 0.15) is 11.6 Å². The van der Waals surface area contributed by atoms with Gasteiger partial charge in [0.25, 0.3) is 11.6 Å². The highest BCUT2D eigenvalue weighted by Crippen LogP contribution is 2.25. The lowest BCUT2D eigenvalue weighted by molar-refractivity contribution is -0.384. The second-order valence-corrected chi connectivity index (χ2v) is 6.08. The Bertz CT molecular complexity index is 1070. The fourth-order valence-corrected chi connectivity index (χ4v) is 2.46. The minimum atomic E-state index is -0.877. The number of hydrogen-bond donors (Lipinski definition) is 1. The number of nitrogens with one attached hydrogen (secondary N) is 1. The minimum absolute atomic E-state index is 0.0184. The van der Waals surface area contributed by atoms with Crippen molar-refractivity contribution >= 4 is 23.3 Å². The van der Waals surface area contributed by atoms with E-state index in [9.17, 15) is 24.1 Å². The van der Waals surface area contributed by atoms with Gasteiger partial charge in [-0.2, -0.15) is 0 Å². The zero-order valence-electron chi connectivity index (χ0n) is 15.2. The van der Waals surface area contributed by atoms with Gasteiger partial charge in [0.05, 0.1) is 10.6 Å². The first-order chi connectivity index (χ1) is 13.8. The van der Waals surface area contributed by atoms with Gasteiger partial charge in [0.2, 0.25) is 5.76 Å². The Hall–Kier alpha value is -4.01. The summed E-state index contributed by atoms with van der Waals surface area (Å²) in [6.45, 7) is 1.09. The van der Waals surface area contributed by atoms with Crippen LogP contribution in [0.15, 0.2) is 59.0 Å². The van der Waals surface area contributed by atoms with Gasteiger partial charge in [-0.1, -0.05) is 6.07 Å². The quantitative estimate of drug-likeness (QED) is 0.380. The van der Waals surface area contributed by atoms with Crippen LogP contribution >= 0.6 is 0 Å². The van der Waals surface area contributed by atoms with E-state index in [-0.39, 0.29) is 17.1 Å². The van der Waals surface area contributed by atoms with Gasteiger partial charge in [0, 0.05) is 17.7 Å². The smallest absolute Gasteiger partial charge is 0.374 e. The molecule has 1 aromatic heterocycles. The van der Waals surface area contributed by atoms with Crippen LogP contribution in [0.2, 0.25) is 0 Å². The van der Waals surface area contributed by atoms with Crippen molar-refractivity contribution in [1.82, 2.24) is 0 Å². The maximum atomic E-state index is 13.7. The molecule has 29 heavy (non-hydrogen) atoms. The average Bonchev–Trinajstić information content (AvgIpc) is 3.19. The van der Waals surface area contributed by atoms with E-state index in [2.05, 4.69) is 5.32 Å². The lowest BCUT2D eigenvalue weighted by Gasteiger charge is -2.07. The molecule has 0 spiro atoms. The number of nitrogens with zero attached hydrogens (tertiary/aromatic N) is 1. The predicted molar refractivity (Wildman–Crippen MR) is 101 cm³/mol. The van der Waals surface area contributed by atoms with E-state index in [1.54, 1.807) is 13.0 Å². The van der Waals surface area contributed by atoms with E-state index in [4.69, 9.17) is 9.15 Å². The standard InChI is InChI=1S/C20H15FN2O6/c1-12-2-7-16(15(21)10-12)22-19(24)11-28-20(25)18-9-8-17(29-18)13-3-5-14(6-4-13)23(26)27/h2-10H,11H2,1H3,(H,22,24). The van der Waals surface area contributed by atoms with E-state index in [1.165, 1.54) is 48.5 Å². The maximum absolute atomic E-state index is 13.7. The number of halogens is 1. The average molecular weight is 398 g/mol. The van der Waals surface area contributed by atoms with Gasteiger partial charge in [-0.25, -0.2) is 9.18 Å². The molecule has 8 nitrogen and oxygen atoms in total. The van der Waals surface area contributed by atoms with Crippen molar-refractivity contribution in [2.24, 2.45) is 0 Å². The normalized spacial score (nSPS) is 10.4. The third kappa shape index (κ3) is 4.83. The van der Waals surface area contributed by atoms with Crippen LogP contribution in [0.5, 0.6) is 0 Å². The number of non-ortho nitro benzene ring substituents is 1. The highest BCUT2D eigenvalue weighted by molar-refractivity contribution is 5.94. The van der Waals surface area contributed by atoms with Crippen molar-refractivity contribution in [3.63, 3.8) is 0 Å². The Morgan fingerprint density at radius 1 is 1.14 bits per heavy atom. The van der Waals surface area contributed by atoms with Gasteiger partial charge in [-0.05, 0) is 48.9 Å². The molecule has 0 aliphatic heterocycles. The van der Waals surface area contributed by atoms with Crippen molar-refractivity contribution in [2.75, 3.05) is 11.9 Å². The van der Waals surface area contributed by atoms with Crippen molar-refractivity contribution in [3.8, 4) is 11.3 Å². The molecule has 1 heterocycles. The van der Waals surface area contributed by atoms with Crippen LogP contribution in [0, 0.1) is 22.9 Å². The third-order valence-electron chi connectivity index (χ3n) is 3.90. The van der Waals surface area contributed by atoms with Gasteiger partial charge in [-0.3, -0.25) is 14.9 Å². The topological polar surface area (TPSA) is 112 Å². The summed E-state index contributed by atoms with van der Waals surface area (Å²) in [7, 11) is 0. The summed E-state index contributed by atoms with van der Waals surface area (Å²) in [5, 5.41) is 13.0. The monoisotopic (exact) mass is 398 g/mol. The molecule has 1 amide bonds. The zero-order chi connectivity index (χ0) is 21.0. The van der Waals surface area contributed by atoms with Crippen LogP contribution in [0.3, 0.4) is 0 Å². The summed E-state index contributed by atoms with van der Waals surface area (Å²) in [4.78, 5) is 34.1. The number of amides is 1.